The topological polar surface area (TPSA) is 9.23 Å². The van der Waals surface area contributed by atoms with Crippen molar-refractivity contribution in [2.24, 2.45) is 0 Å². The Morgan fingerprint density at radius 2 is 1.48 bits per heavy atom. The zero-order valence-electron chi connectivity index (χ0n) is 12.6. The average molecular weight is 317 g/mol. The van der Waals surface area contributed by atoms with Gasteiger partial charge in [-0.3, -0.25) is 0 Å². The van der Waals surface area contributed by atoms with Crippen LogP contribution in [0, 0.1) is 13.8 Å². The van der Waals surface area contributed by atoms with E-state index in [1.807, 2.05) is 5.70 Å². The van der Waals surface area contributed by atoms with E-state index in [9.17, 15) is 0 Å². The number of rotatable bonds is 6. The van der Waals surface area contributed by atoms with Crippen LogP contribution in [0.4, 0.5) is 0 Å². The van der Waals surface area contributed by atoms with Crippen LogP contribution in [-0.2, 0) is 4.43 Å². The maximum atomic E-state index is 6.35. The molecule has 0 spiro atoms. The maximum absolute atomic E-state index is 6.35. The Morgan fingerprint density at radius 1 is 1.00 bits per heavy atom. The van der Waals surface area contributed by atoms with Gasteiger partial charge in [-0.2, -0.15) is 0 Å². The Morgan fingerprint density at radius 3 is 1.86 bits per heavy atom. The number of benzene rings is 2. The van der Waals surface area contributed by atoms with Gasteiger partial charge in [0, 0.05) is 12.5 Å². The fourth-order valence-electron chi connectivity index (χ4n) is 2.76. The summed E-state index contributed by atoms with van der Waals surface area (Å²) in [5.74, 6) is 0.486. The fourth-order valence-corrected chi connectivity index (χ4v) is 6.57. The van der Waals surface area contributed by atoms with Crippen LogP contribution in [-0.4, -0.2) is 20.8 Å². The molecule has 0 aromatic heterocycles. The molecular formula is C18H21ClOSi. The molecule has 0 atom stereocenters. The lowest BCUT2D eigenvalue weighted by atomic mass is 10.2. The summed E-state index contributed by atoms with van der Waals surface area (Å²) in [4.78, 5) is 0. The Bertz CT molecular complexity index is 579. The SMILES string of the molecule is C=C[Si](OCCCl)(c1ccccc1C)c1ccccc1C. The fraction of sp³-hybridized carbons (Fsp3) is 0.222. The monoisotopic (exact) mass is 316 g/mol. The van der Waals surface area contributed by atoms with Gasteiger partial charge >= 0.3 is 0 Å². The van der Waals surface area contributed by atoms with E-state index in [1.54, 1.807) is 0 Å². The second kappa shape index (κ2) is 7.08. The van der Waals surface area contributed by atoms with Crippen molar-refractivity contribution in [1.29, 1.82) is 0 Å². The molecule has 0 aliphatic heterocycles. The molecule has 0 fully saturated rings. The normalized spacial score (nSPS) is 11.4. The second-order valence-corrected chi connectivity index (χ2v) is 8.73. The largest absolute Gasteiger partial charge is 0.403 e. The maximum Gasteiger partial charge on any atom is 0.280 e. The highest BCUT2D eigenvalue weighted by molar-refractivity contribution is 7.01. The van der Waals surface area contributed by atoms with E-state index in [2.05, 4.69) is 69.0 Å². The molecule has 2 aromatic carbocycles. The van der Waals surface area contributed by atoms with E-state index >= 15 is 0 Å². The van der Waals surface area contributed by atoms with Crippen molar-refractivity contribution in [3.63, 3.8) is 0 Å². The first-order valence-corrected chi connectivity index (χ1v) is 9.63. The van der Waals surface area contributed by atoms with E-state index in [1.165, 1.54) is 21.5 Å². The van der Waals surface area contributed by atoms with E-state index in [0.717, 1.165) is 0 Å². The average Bonchev–Trinajstić information content (AvgIpc) is 2.51. The minimum absolute atomic E-state index is 0.486. The number of hydrogen-bond donors (Lipinski definition) is 0. The molecule has 0 saturated carbocycles. The number of hydrogen-bond acceptors (Lipinski definition) is 1. The molecule has 2 aromatic rings. The summed E-state index contributed by atoms with van der Waals surface area (Å²) in [6.45, 7) is 8.90. The summed E-state index contributed by atoms with van der Waals surface area (Å²) in [6, 6.07) is 16.8. The zero-order valence-corrected chi connectivity index (χ0v) is 14.4. The third kappa shape index (κ3) is 3.13. The highest BCUT2D eigenvalue weighted by Crippen LogP contribution is 2.14. The minimum atomic E-state index is -2.45. The van der Waals surface area contributed by atoms with Gasteiger partial charge in [-0.25, -0.2) is 0 Å². The lowest BCUT2D eigenvalue weighted by Crippen LogP contribution is -2.61. The van der Waals surface area contributed by atoms with Crippen LogP contribution < -0.4 is 10.4 Å². The first kappa shape index (κ1) is 16.0. The lowest BCUT2D eigenvalue weighted by molar-refractivity contribution is 0.349. The van der Waals surface area contributed by atoms with Crippen LogP contribution >= 0.6 is 11.6 Å². The summed E-state index contributed by atoms with van der Waals surface area (Å²) >= 11 is 5.88. The molecule has 0 radical (unpaired) electrons. The molecule has 1 nitrogen and oxygen atoms in total. The minimum Gasteiger partial charge on any atom is -0.403 e. The standard InChI is InChI=1S/C18H21ClOSi/c1-4-21(20-14-13-19,17-11-7-5-9-15(17)2)18-12-8-6-10-16(18)3/h4-12H,1,13-14H2,2-3H3. The van der Waals surface area contributed by atoms with Crippen molar-refractivity contribution in [3.05, 3.63) is 71.9 Å². The molecule has 0 aliphatic rings. The summed E-state index contributed by atoms with van der Waals surface area (Å²) < 4.78 is 6.35. The molecule has 0 bridgehead atoms. The van der Waals surface area contributed by atoms with Gasteiger partial charge < -0.3 is 4.43 Å². The van der Waals surface area contributed by atoms with Crippen LogP contribution in [0.25, 0.3) is 0 Å². The van der Waals surface area contributed by atoms with Crippen LogP contribution in [0.5, 0.6) is 0 Å². The van der Waals surface area contributed by atoms with Gasteiger partial charge in [-0.05, 0) is 35.3 Å². The smallest absolute Gasteiger partial charge is 0.280 e. The third-order valence-corrected chi connectivity index (χ3v) is 7.90. The molecule has 110 valence electrons. The summed E-state index contributed by atoms with van der Waals surface area (Å²) in [5, 5.41) is 2.50. The van der Waals surface area contributed by atoms with Gasteiger partial charge in [0.2, 0.25) is 0 Å². The van der Waals surface area contributed by atoms with Gasteiger partial charge in [-0.1, -0.05) is 54.2 Å². The Balaban J connectivity index is 2.67. The van der Waals surface area contributed by atoms with Crippen molar-refractivity contribution in [1.82, 2.24) is 0 Å². The van der Waals surface area contributed by atoms with Crippen molar-refractivity contribution in [3.8, 4) is 0 Å². The highest BCUT2D eigenvalue weighted by Gasteiger charge is 2.38. The summed E-state index contributed by atoms with van der Waals surface area (Å²) in [7, 11) is -2.45. The summed E-state index contributed by atoms with van der Waals surface area (Å²) in [6.07, 6.45) is 0. The molecule has 0 N–H and O–H groups in total. The third-order valence-electron chi connectivity index (χ3n) is 3.78. The van der Waals surface area contributed by atoms with Crippen molar-refractivity contribution in [2.75, 3.05) is 12.5 Å². The highest BCUT2D eigenvalue weighted by atomic mass is 35.5. The predicted molar refractivity (Wildman–Crippen MR) is 94.2 cm³/mol. The molecule has 3 heteroatoms. The molecule has 0 unspecified atom stereocenters. The van der Waals surface area contributed by atoms with E-state index in [4.69, 9.17) is 16.0 Å². The van der Waals surface area contributed by atoms with Gasteiger partial charge in [0.05, 0.1) is 0 Å². The van der Waals surface area contributed by atoms with Crippen molar-refractivity contribution < 1.29 is 4.43 Å². The number of aryl methyl sites for hydroxylation is 2. The zero-order chi connectivity index (χ0) is 15.3. The molecule has 21 heavy (non-hydrogen) atoms. The van der Waals surface area contributed by atoms with Crippen molar-refractivity contribution in [2.45, 2.75) is 13.8 Å². The van der Waals surface area contributed by atoms with E-state index < -0.39 is 8.32 Å². The Hall–Kier alpha value is -1.35. The van der Waals surface area contributed by atoms with Crippen LogP contribution in [0.3, 0.4) is 0 Å². The molecule has 0 heterocycles. The molecule has 0 aliphatic carbocycles. The summed E-state index contributed by atoms with van der Waals surface area (Å²) in [5.41, 5.74) is 4.49. The second-order valence-electron chi connectivity index (χ2n) is 5.11. The molecule has 0 saturated heterocycles. The first-order chi connectivity index (χ1) is 10.2. The van der Waals surface area contributed by atoms with Crippen LogP contribution in [0.15, 0.2) is 60.8 Å². The van der Waals surface area contributed by atoms with E-state index in [0.29, 0.717) is 12.5 Å². The quantitative estimate of drug-likeness (QED) is 0.586. The van der Waals surface area contributed by atoms with Crippen LogP contribution in [0.2, 0.25) is 0 Å². The predicted octanol–water partition coefficient (Wildman–Crippen LogP) is 3.34. The van der Waals surface area contributed by atoms with E-state index in [-0.39, 0.29) is 0 Å². The first-order valence-electron chi connectivity index (χ1n) is 7.11. The van der Waals surface area contributed by atoms with Gasteiger partial charge in [0.1, 0.15) is 0 Å². The van der Waals surface area contributed by atoms with Crippen molar-refractivity contribution >= 4 is 30.3 Å². The number of alkyl halides is 1. The van der Waals surface area contributed by atoms with Gasteiger partial charge in [0.25, 0.3) is 8.32 Å². The van der Waals surface area contributed by atoms with Gasteiger partial charge in [-0.15, -0.1) is 18.2 Å². The Kier molecular flexibility index (Phi) is 5.40. The number of halogens is 1. The molecule has 0 amide bonds. The molecule has 2 rings (SSSR count). The van der Waals surface area contributed by atoms with Gasteiger partial charge in [0.15, 0.2) is 0 Å². The molecular weight excluding hydrogens is 296 g/mol. The lowest BCUT2D eigenvalue weighted by Gasteiger charge is -2.31. The van der Waals surface area contributed by atoms with Crippen LogP contribution in [0.1, 0.15) is 11.1 Å². The Labute approximate surface area is 133 Å².